The van der Waals surface area contributed by atoms with Crippen molar-refractivity contribution in [3.63, 3.8) is 0 Å². The van der Waals surface area contributed by atoms with E-state index in [2.05, 4.69) is 37.2 Å². The zero-order chi connectivity index (χ0) is 15.3. The molecular formula is C14H24N2O3S. The Bertz CT molecular complexity index is 452. The molecule has 1 unspecified atom stereocenters. The Hall–Kier alpha value is -1.01. The van der Waals surface area contributed by atoms with Crippen LogP contribution in [0.2, 0.25) is 0 Å². The average molecular weight is 300 g/mol. The summed E-state index contributed by atoms with van der Waals surface area (Å²) in [6.07, 6.45) is 2.73. The topological polar surface area (TPSA) is 64.4 Å². The van der Waals surface area contributed by atoms with Gasteiger partial charge in [0, 0.05) is 37.1 Å². The minimum Gasteiger partial charge on any atom is -0.481 e. The van der Waals surface area contributed by atoms with Gasteiger partial charge in [0.15, 0.2) is 5.16 Å². The van der Waals surface area contributed by atoms with E-state index < -0.39 is 5.97 Å². The molecule has 6 heteroatoms. The van der Waals surface area contributed by atoms with Gasteiger partial charge in [0.05, 0.1) is 5.75 Å². The molecule has 20 heavy (non-hydrogen) atoms. The van der Waals surface area contributed by atoms with Gasteiger partial charge >= 0.3 is 5.97 Å². The first kappa shape index (κ1) is 17.0. The number of carboxylic acid groups (broad SMARTS) is 1. The van der Waals surface area contributed by atoms with E-state index in [0.717, 1.165) is 17.3 Å². The number of carboxylic acids is 1. The van der Waals surface area contributed by atoms with Crippen molar-refractivity contribution in [3.05, 3.63) is 11.9 Å². The van der Waals surface area contributed by atoms with Crippen LogP contribution in [0.5, 0.6) is 0 Å². The zero-order valence-electron chi connectivity index (χ0n) is 12.8. The number of imidazole rings is 1. The van der Waals surface area contributed by atoms with E-state index in [1.54, 1.807) is 7.11 Å². The predicted molar refractivity (Wildman–Crippen MR) is 80.5 cm³/mol. The van der Waals surface area contributed by atoms with Crippen LogP contribution >= 0.6 is 11.8 Å². The lowest BCUT2D eigenvalue weighted by molar-refractivity contribution is -0.133. The first-order valence-corrected chi connectivity index (χ1v) is 7.67. The molecule has 0 spiro atoms. The summed E-state index contributed by atoms with van der Waals surface area (Å²) >= 11 is 1.27. The molecule has 0 aliphatic carbocycles. The monoisotopic (exact) mass is 300 g/mol. The lowest BCUT2D eigenvalue weighted by Gasteiger charge is -2.26. The number of nitrogens with zero attached hydrogens (tertiary/aromatic N) is 2. The van der Waals surface area contributed by atoms with Gasteiger partial charge in [-0.2, -0.15) is 0 Å². The molecule has 1 heterocycles. The molecule has 1 aromatic heterocycles. The smallest absolute Gasteiger partial charge is 0.313 e. The summed E-state index contributed by atoms with van der Waals surface area (Å²) in [6.45, 7) is 9.19. The van der Waals surface area contributed by atoms with Gasteiger partial charge in [-0.25, -0.2) is 4.98 Å². The van der Waals surface area contributed by atoms with Crippen LogP contribution in [0.4, 0.5) is 0 Å². The largest absolute Gasteiger partial charge is 0.481 e. The van der Waals surface area contributed by atoms with Crippen molar-refractivity contribution in [1.29, 1.82) is 0 Å². The molecule has 0 amide bonds. The number of methoxy groups -OCH3 is 1. The molecule has 0 saturated heterocycles. The average Bonchev–Trinajstić information content (AvgIpc) is 2.77. The highest BCUT2D eigenvalue weighted by molar-refractivity contribution is 7.99. The number of carbonyl (C=O) groups is 1. The third-order valence-corrected chi connectivity index (χ3v) is 3.99. The second kappa shape index (κ2) is 7.13. The fourth-order valence-electron chi connectivity index (χ4n) is 1.98. The van der Waals surface area contributed by atoms with E-state index in [-0.39, 0.29) is 17.2 Å². The number of rotatable bonds is 7. The summed E-state index contributed by atoms with van der Waals surface area (Å²) in [5.41, 5.74) is 1.09. The molecule has 5 nitrogen and oxygen atoms in total. The van der Waals surface area contributed by atoms with Crippen molar-refractivity contribution in [3.8, 4) is 0 Å². The van der Waals surface area contributed by atoms with E-state index in [1.807, 2.05) is 6.20 Å². The Balaban J connectivity index is 3.05. The molecule has 0 bridgehead atoms. The number of hydrogen-bond acceptors (Lipinski definition) is 4. The Kier molecular flexibility index (Phi) is 6.07. The molecule has 0 saturated carbocycles. The van der Waals surface area contributed by atoms with E-state index in [4.69, 9.17) is 9.84 Å². The zero-order valence-corrected chi connectivity index (χ0v) is 13.7. The molecule has 1 rings (SSSR count). The Labute approximate surface area is 124 Å². The third kappa shape index (κ3) is 4.52. The highest BCUT2D eigenvalue weighted by Gasteiger charge is 2.24. The van der Waals surface area contributed by atoms with Gasteiger partial charge in [-0.1, -0.05) is 32.5 Å². The lowest BCUT2D eigenvalue weighted by atomic mass is 9.92. The van der Waals surface area contributed by atoms with Gasteiger partial charge in [0.2, 0.25) is 0 Å². The second-order valence-electron chi connectivity index (χ2n) is 5.86. The molecule has 1 N–H and O–H groups in total. The van der Waals surface area contributed by atoms with E-state index in [1.165, 1.54) is 11.8 Å². The van der Waals surface area contributed by atoms with Crippen LogP contribution in [0.15, 0.2) is 11.4 Å². The number of thioether (sulfide) groups is 1. The molecule has 0 aliphatic heterocycles. The Morgan fingerprint density at radius 1 is 1.55 bits per heavy atom. The van der Waals surface area contributed by atoms with Gasteiger partial charge < -0.3 is 14.4 Å². The maximum Gasteiger partial charge on any atom is 0.313 e. The van der Waals surface area contributed by atoms with Crippen LogP contribution in [0.25, 0.3) is 0 Å². The maximum atomic E-state index is 10.8. The molecule has 0 aromatic carbocycles. The van der Waals surface area contributed by atoms with Crippen LogP contribution < -0.4 is 0 Å². The van der Waals surface area contributed by atoms with Crippen molar-refractivity contribution in [2.45, 2.75) is 50.7 Å². The normalized spacial score (nSPS) is 13.4. The van der Waals surface area contributed by atoms with Gasteiger partial charge in [0.1, 0.15) is 0 Å². The maximum absolute atomic E-state index is 10.8. The number of hydrogen-bond donors (Lipinski definition) is 1. The van der Waals surface area contributed by atoms with Crippen LogP contribution in [-0.4, -0.2) is 40.1 Å². The number of aromatic nitrogens is 2. The fraction of sp³-hybridized carbons (Fsp3) is 0.714. The van der Waals surface area contributed by atoms with Crippen molar-refractivity contribution in [2.75, 3.05) is 19.5 Å². The van der Waals surface area contributed by atoms with Crippen molar-refractivity contribution in [1.82, 2.24) is 9.55 Å². The minimum absolute atomic E-state index is 0.0254. The predicted octanol–water partition coefficient (Wildman–Crippen LogP) is 2.95. The quantitative estimate of drug-likeness (QED) is 0.784. The van der Waals surface area contributed by atoms with E-state index in [9.17, 15) is 4.79 Å². The molecule has 1 atom stereocenters. The Morgan fingerprint density at radius 3 is 2.70 bits per heavy atom. The summed E-state index contributed by atoms with van der Waals surface area (Å²) in [7, 11) is 1.69. The lowest BCUT2D eigenvalue weighted by Crippen LogP contribution is -2.21. The third-order valence-electron chi connectivity index (χ3n) is 3.04. The summed E-state index contributed by atoms with van der Waals surface area (Å²) in [6, 6.07) is 0.225. The van der Waals surface area contributed by atoms with Crippen molar-refractivity contribution < 1.29 is 14.6 Å². The SMILES string of the molecule is COCCC(C)n1c(C(C)(C)C)cnc1SCC(=O)O. The van der Waals surface area contributed by atoms with E-state index >= 15 is 0 Å². The first-order chi connectivity index (χ1) is 9.27. The molecule has 0 radical (unpaired) electrons. The molecule has 114 valence electrons. The van der Waals surface area contributed by atoms with E-state index in [0.29, 0.717) is 6.61 Å². The van der Waals surface area contributed by atoms with Gasteiger partial charge in [0.25, 0.3) is 0 Å². The summed E-state index contributed by atoms with van der Waals surface area (Å²) in [5, 5.41) is 9.60. The summed E-state index contributed by atoms with van der Waals surface area (Å²) in [4.78, 5) is 15.2. The number of ether oxygens (including phenoxy) is 1. The van der Waals surface area contributed by atoms with Gasteiger partial charge in [-0.05, 0) is 13.3 Å². The van der Waals surface area contributed by atoms with Crippen LogP contribution in [-0.2, 0) is 14.9 Å². The van der Waals surface area contributed by atoms with Crippen molar-refractivity contribution >= 4 is 17.7 Å². The van der Waals surface area contributed by atoms with Crippen LogP contribution in [0, 0.1) is 0 Å². The van der Waals surface area contributed by atoms with Gasteiger partial charge in [-0.15, -0.1) is 0 Å². The summed E-state index contributed by atoms with van der Waals surface area (Å²) < 4.78 is 7.28. The highest BCUT2D eigenvalue weighted by Crippen LogP contribution is 2.31. The number of aliphatic carboxylic acids is 1. The van der Waals surface area contributed by atoms with Crippen molar-refractivity contribution in [2.24, 2.45) is 0 Å². The van der Waals surface area contributed by atoms with Gasteiger partial charge in [-0.3, -0.25) is 4.79 Å². The second-order valence-corrected chi connectivity index (χ2v) is 6.80. The van der Waals surface area contributed by atoms with Crippen LogP contribution in [0.1, 0.15) is 45.9 Å². The fourth-order valence-corrected chi connectivity index (χ4v) is 2.77. The molecular weight excluding hydrogens is 276 g/mol. The molecule has 1 aromatic rings. The molecule has 0 fully saturated rings. The molecule has 0 aliphatic rings. The standard InChI is InChI=1S/C14H24N2O3S/c1-10(6-7-19-5)16-11(14(2,3)4)8-15-13(16)20-9-12(17)18/h8,10H,6-7,9H2,1-5H3,(H,17,18). The first-order valence-electron chi connectivity index (χ1n) is 6.68. The summed E-state index contributed by atoms with van der Waals surface area (Å²) in [5.74, 6) is -0.802. The highest BCUT2D eigenvalue weighted by atomic mass is 32.2. The minimum atomic E-state index is -0.827. The Morgan fingerprint density at radius 2 is 2.20 bits per heavy atom. The van der Waals surface area contributed by atoms with Crippen LogP contribution in [0.3, 0.4) is 0 Å².